The van der Waals surface area contributed by atoms with Crippen LogP contribution in [0.5, 0.6) is 0 Å². The summed E-state index contributed by atoms with van der Waals surface area (Å²) in [6.45, 7) is 4.26. The van der Waals surface area contributed by atoms with Crippen molar-refractivity contribution in [3.05, 3.63) is 35.9 Å². The van der Waals surface area contributed by atoms with Gasteiger partial charge in [-0.2, -0.15) is 0 Å². The maximum absolute atomic E-state index is 13.0. The number of piperazine rings is 1. The van der Waals surface area contributed by atoms with Crippen LogP contribution >= 0.6 is 0 Å². The summed E-state index contributed by atoms with van der Waals surface area (Å²) in [6.07, 6.45) is 8.05. The Balaban J connectivity index is 1.31. The standard InChI is InChI=1S/C23H34N4O2/c28-22(25-14-16-27(17-15-25)23(29)26-12-6-7-13-26)24-21(20-10-4-5-11-20)18-19-8-2-1-3-9-19/h1-3,8-9,20-21H,4-7,10-18H2,(H,24,28). The minimum absolute atomic E-state index is 0.0334. The van der Waals surface area contributed by atoms with Crippen molar-refractivity contribution in [3.63, 3.8) is 0 Å². The molecule has 0 bridgehead atoms. The van der Waals surface area contributed by atoms with Crippen LogP contribution < -0.4 is 5.32 Å². The second-order valence-electron chi connectivity index (χ2n) is 8.74. The van der Waals surface area contributed by atoms with E-state index in [1.807, 2.05) is 20.8 Å². The van der Waals surface area contributed by atoms with Crippen molar-refractivity contribution in [2.45, 2.75) is 51.0 Å². The summed E-state index contributed by atoms with van der Waals surface area (Å²) in [6, 6.07) is 10.8. The van der Waals surface area contributed by atoms with E-state index in [-0.39, 0.29) is 18.1 Å². The monoisotopic (exact) mass is 398 g/mol. The third-order valence-corrected chi connectivity index (χ3v) is 6.79. The number of amides is 4. The molecule has 1 aliphatic carbocycles. The number of carbonyl (C=O) groups excluding carboxylic acids is 2. The molecule has 4 amide bonds. The highest BCUT2D eigenvalue weighted by Gasteiger charge is 2.31. The van der Waals surface area contributed by atoms with Crippen LogP contribution in [0.1, 0.15) is 44.1 Å². The van der Waals surface area contributed by atoms with Gasteiger partial charge >= 0.3 is 12.1 Å². The minimum Gasteiger partial charge on any atom is -0.335 e. The largest absolute Gasteiger partial charge is 0.335 e. The maximum atomic E-state index is 13.0. The fourth-order valence-electron chi connectivity index (χ4n) is 5.02. The van der Waals surface area contributed by atoms with Crippen molar-refractivity contribution < 1.29 is 9.59 Å². The Morgan fingerprint density at radius 2 is 1.41 bits per heavy atom. The first kappa shape index (κ1) is 20.0. The highest BCUT2D eigenvalue weighted by Crippen LogP contribution is 2.29. The van der Waals surface area contributed by atoms with E-state index < -0.39 is 0 Å². The van der Waals surface area contributed by atoms with Gasteiger partial charge in [-0.25, -0.2) is 9.59 Å². The highest BCUT2D eigenvalue weighted by molar-refractivity contribution is 5.77. The lowest BCUT2D eigenvalue weighted by molar-refractivity contribution is 0.122. The van der Waals surface area contributed by atoms with Crippen LogP contribution in [0.2, 0.25) is 0 Å². The fraction of sp³-hybridized carbons (Fsp3) is 0.652. The number of hydrogen-bond acceptors (Lipinski definition) is 2. The molecule has 2 saturated heterocycles. The zero-order chi connectivity index (χ0) is 20.1. The van der Waals surface area contributed by atoms with Crippen molar-refractivity contribution >= 4 is 12.1 Å². The van der Waals surface area contributed by atoms with Crippen LogP contribution in [-0.4, -0.2) is 72.1 Å². The van der Waals surface area contributed by atoms with E-state index >= 15 is 0 Å². The Bertz CT molecular complexity index is 675. The summed E-state index contributed by atoms with van der Waals surface area (Å²) in [5.41, 5.74) is 1.28. The average molecular weight is 399 g/mol. The molecule has 29 heavy (non-hydrogen) atoms. The van der Waals surface area contributed by atoms with Gasteiger partial charge in [0.15, 0.2) is 0 Å². The smallest absolute Gasteiger partial charge is 0.320 e. The summed E-state index contributed by atoms with van der Waals surface area (Å²) in [7, 11) is 0. The number of likely N-dealkylation sites (tertiary alicyclic amines) is 1. The van der Waals surface area contributed by atoms with Crippen LogP contribution in [0.4, 0.5) is 9.59 Å². The quantitative estimate of drug-likeness (QED) is 0.846. The van der Waals surface area contributed by atoms with Crippen molar-refractivity contribution in [1.82, 2.24) is 20.0 Å². The number of hydrogen-bond donors (Lipinski definition) is 1. The summed E-state index contributed by atoms with van der Waals surface area (Å²) in [4.78, 5) is 31.3. The number of urea groups is 2. The molecule has 0 aromatic heterocycles. The maximum Gasteiger partial charge on any atom is 0.320 e. The molecule has 6 nitrogen and oxygen atoms in total. The van der Waals surface area contributed by atoms with E-state index in [1.165, 1.54) is 31.2 Å². The van der Waals surface area contributed by atoms with E-state index in [0.29, 0.717) is 32.1 Å². The topological polar surface area (TPSA) is 55.9 Å². The summed E-state index contributed by atoms with van der Waals surface area (Å²) in [5, 5.41) is 3.35. The van der Waals surface area contributed by atoms with Gasteiger partial charge in [0.1, 0.15) is 0 Å². The molecule has 1 aromatic carbocycles. The molecular formula is C23H34N4O2. The van der Waals surface area contributed by atoms with Crippen LogP contribution in [0.3, 0.4) is 0 Å². The average Bonchev–Trinajstić information content (AvgIpc) is 3.48. The molecule has 0 spiro atoms. The highest BCUT2D eigenvalue weighted by atomic mass is 16.2. The van der Waals surface area contributed by atoms with E-state index in [0.717, 1.165) is 32.4 Å². The van der Waals surface area contributed by atoms with Gasteiger partial charge in [0, 0.05) is 45.3 Å². The van der Waals surface area contributed by atoms with Crippen molar-refractivity contribution in [2.75, 3.05) is 39.3 Å². The Labute approximate surface area is 174 Å². The van der Waals surface area contributed by atoms with E-state index in [4.69, 9.17) is 0 Å². The Kier molecular flexibility index (Phi) is 6.57. The van der Waals surface area contributed by atoms with Gasteiger partial charge in [-0.1, -0.05) is 43.2 Å². The fourth-order valence-corrected chi connectivity index (χ4v) is 5.02. The van der Waals surface area contributed by atoms with Crippen molar-refractivity contribution in [2.24, 2.45) is 5.92 Å². The zero-order valence-corrected chi connectivity index (χ0v) is 17.4. The number of nitrogens with one attached hydrogen (secondary N) is 1. The summed E-state index contributed by atoms with van der Waals surface area (Å²) < 4.78 is 0. The van der Waals surface area contributed by atoms with Gasteiger partial charge in [-0.15, -0.1) is 0 Å². The van der Waals surface area contributed by atoms with Crippen molar-refractivity contribution in [3.8, 4) is 0 Å². The molecule has 2 aliphatic heterocycles. The van der Waals surface area contributed by atoms with Gasteiger partial charge in [0.2, 0.25) is 0 Å². The zero-order valence-electron chi connectivity index (χ0n) is 17.4. The molecule has 0 radical (unpaired) electrons. The number of benzene rings is 1. The molecule has 1 saturated carbocycles. The Hall–Kier alpha value is -2.24. The number of rotatable bonds is 4. The van der Waals surface area contributed by atoms with Crippen LogP contribution in [0.25, 0.3) is 0 Å². The molecule has 1 unspecified atom stereocenters. The normalized spacial score (nSPS) is 21.4. The molecule has 158 valence electrons. The van der Waals surface area contributed by atoms with Gasteiger partial charge < -0.3 is 20.0 Å². The number of nitrogens with zero attached hydrogens (tertiary/aromatic N) is 3. The molecule has 1 N–H and O–H groups in total. The third-order valence-electron chi connectivity index (χ3n) is 6.79. The third kappa shape index (κ3) is 5.03. The lowest BCUT2D eigenvalue weighted by atomic mass is 9.92. The molecule has 4 rings (SSSR count). The molecule has 3 fully saturated rings. The molecule has 1 atom stereocenters. The molecule has 3 aliphatic rings. The SMILES string of the molecule is O=C(NC(Cc1ccccc1)C1CCCC1)N1CCN(C(=O)N2CCCC2)CC1. The van der Waals surface area contributed by atoms with E-state index in [9.17, 15) is 9.59 Å². The first-order valence-corrected chi connectivity index (χ1v) is 11.3. The molecule has 1 aromatic rings. The van der Waals surface area contributed by atoms with Crippen LogP contribution in [-0.2, 0) is 6.42 Å². The summed E-state index contributed by atoms with van der Waals surface area (Å²) >= 11 is 0. The lowest BCUT2D eigenvalue weighted by Crippen LogP contribution is -2.57. The first-order chi connectivity index (χ1) is 14.2. The van der Waals surface area contributed by atoms with Gasteiger partial charge in [-0.05, 0) is 43.6 Å². The van der Waals surface area contributed by atoms with E-state index in [2.05, 4.69) is 29.6 Å². The van der Waals surface area contributed by atoms with Gasteiger partial charge in [0.25, 0.3) is 0 Å². The summed E-state index contributed by atoms with van der Waals surface area (Å²) in [5.74, 6) is 0.567. The van der Waals surface area contributed by atoms with Crippen LogP contribution in [0, 0.1) is 5.92 Å². The predicted molar refractivity (Wildman–Crippen MR) is 114 cm³/mol. The predicted octanol–water partition coefficient (Wildman–Crippen LogP) is 3.33. The lowest BCUT2D eigenvalue weighted by Gasteiger charge is -2.37. The second kappa shape index (κ2) is 9.51. The van der Waals surface area contributed by atoms with Gasteiger partial charge in [0.05, 0.1) is 0 Å². The van der Waals surface area contributed by atoms with Crippen LogP contribution in [0.15, 0.2) is 30.3 Å². The number of carbonyl (C=O) groups is 2. The second-order valence-corrected chi connectivity index (χ2v) is 8.74. The Morgan fingerprint density at radius 3 is 2.07 bits per heavy atom. The first-order valence-electron chi connectivity index (χ1n) is 11.3. The van der Waals surface area contributed by atoms with E-state index in [1.54, 1.807) is 0 Å². The molecule has 6 heteroatoms. The van der Waals surface area contributed by atoms with Gasteiger partial charge in [-0.3, -0.25) is 0 Å². The van der Waals surface area contributed by atoms with Crippen molar-refractivity contribution in [1.29, 1.82) is 0 Å². The molecule has 2 heterocycles. The molecular weight excluding hydrogens is 364 g/mol. The Morgan fingerprint density at radius 1 is 0.828 bits per heavy atom. The minimum atomic E-state index is 0.0334.